The van der Waals surface area contributed by atoms with Gasteiger partial charge in [0, 0.05) is 24.4 Å². The van der Waals surface area contributed by atoms with E-state index in [0.717, 1.165) is 64.7 Å². The second kappa shape index (κ2) is 9.22. The first kappa shape index (κ1) is 22.5. The molecule has 3 heterocycles. The number of piperidine rings is 1. The zero-order valence-corrected chi connectivity index (χ0v) is 20.5. The van der Waals surface area contributed by atoms with E-state index < -0.39 is 0 Å². The molecule has 0 unspecified atom stereocenters. The van der Waals surface area contributed by atoms with Crippen LogP contribution in [0, 0.1) is 6.92 Å². The number of carbonyl (C=O) groups is 1. The SMILES string of the molecule is COc1ccc(/C=C2\CCc3c2nc2ccccc2c3C(=O)N2CCC(c3nc(C)no3)CC2)cc1. The van der Waals surface area contributed by atoms with Gasteiger partial charge in [0.25, 0.3) is 5.91 Å². The number of aromatic nitrogens is 3. The highest BCUT2D eigenvalue weighted by Gasteiger charge is 2.32. The second-order valence-corrected chi connectivity index (χ2v) is 9.52. The van der Waals surface area contributed by atoms with Crippen molar-refractivity contribution in [2.75, 3.05) is 20.2 Å². The maximum absolute atomic E-state index is 14.0. The third kappa shape index (κ3) is 4.04. The van der Waals surface area contributed by atoms with Crippen molar-refractivity contribution in [3.8, 4) is 5.75 Å². The summed E-state index contributed by atoms with van der Waals surface area (Å²) >= 11 is 0. The van der Waals surface area contributed by atoms with E-state index >= 15 is 0 Å². The number of rotatable bonds is 4. The first-order valence-electron chi connectivity index (χ1n) is 12.5. The van der Waals surface area contributed by atoms with Gasteiger partial charge in [0.2, 0.25) is 5.89 Å². The van der Waals surface area contributed by atoms with Crippen LogP contribution in [0.5, 0.6) is 5.75 Å². The average Bonchev–Trinajstić information content (AvgIpc) is 3.53. The molecule has 0 atom stereocenters. The molecule has 6 rings (SSSR count). The Balaban J connectivity index is 1.33. The number of aryl methyl sites for hydroxylation is 1. The standard InChI is InChI=1S/C29H28N4O3/c1-18-30-28(36-32-18)20-13-15-33(16-14-20)29(34)26-23-5-3-4-6-25(23)31-27-21(9-12-24(26)27)17-19-7-10-22(35-2)11-8-19/h3-8,10-11,17,20H,9,12-16H2,1-2H3/b21-17+. The number of pyridine rings is 1. The van der Waals surface area contributed by atoms with Crippen molar-refractivity contribution < 1.29 is 14.1 Å². The largest absolute Gasteiger partial charge is 0.497 e. The summed E-state index contributed by atoms with van der Waals surface area (Å²) in [4.78, 5) is 25.4. The van der Waals surface area contributed by atoms with Gasteiger partial charge in [0.05, 0.1) is 23.9 Å². The van der Waals surface area contributed by atoms with E-state index in [2.05, 4.69) is 16.2 Å². The van der Waals surface area contributed by atoms with Gasteiger partial charge >= 0.3 is 0 Å². The van der Waals surface area contributed by atoms with Crippen LogP contribution in [-0.2, 0) is 6.42 Å². The molecule has 2 aromatic heterocycles. The first-order valence-corrected chi connectivity index (χ1v) is 12.5. The number of methoxy groups -OCH3 is 1. The number of ether oxygens (including phenoxy) is 1. The molecule has 1 aliphatic carbocycles. The van der Waals surface area contributed by atoms with Crippen molar-refractivity contribution in [3.63, 3.8) is 0 Å². The summed E-state index contributed by atoms with van der Waals surface area (Å²) in [7, 11) is 1.67. The molecular weight excluding hydrogens is 452 g/mol. The number of nitrogens with zero attached hydrogens (tertiary/aromatic N) is 4. The average molecular weight is 481 g/mol. The van der Waals surface area contributed by atoms with E-state index in [1.807, 2.05) is 60.4 Å². The summed E-state index contributed by atoms with van der Waals surface area (Å²) in [5.41, 5.74) is 5.94. The molecule has 2 aliphatic rings. The summed E-state index contributed by atoms with van der Waals surface area (Å²) in [5, 5.41) is 4.86. The molecule has 1 saturated heterocycles. The molecule has 182 valence electrons. The Morgan fingerprint density at radius 2 is 1.83 bits per heavy atom. The summed E-state index contributed by atoms with van der Waals surface area (Å²) in [5.74, 6) is 2.47. The molecule has 0 bridgehead atoms. The lowest BCUT2D eigenvalue weighted by molar-refractivity contribution is 0.0705. The van der Waals surface area contributed by atoms with Gasteiger partial charge in [-0.25, -0.2) is 4.98 Å². The molecular formula is C29H28N4O3. The van der Waals surface area contributed by atoms with Gasteiger partial charge in [-0.3, -0.25) is 4.79 Å². The fourth-order valence-corrected chi connectivity index (χ4v) is 5.39. The number of benzene rings is 2. The normalized spacial score (nSPS) is 17.1. The molecule has 0 spiro atoms. The number of hydrogen-bond acceptors (Lipinski definition) is 6. The van der Waals surface area contributed by atoms with Crippen molar-refractivity contribution in [2.24, 2.45) is 0 Å². The molecule has 36 heavy (non-hydrogen) atoms. The minimum atomic E-state index is 0.0932. The summed E-state index contributed by atoms with van der Waals surface area (Å²) in [6, 6.07) is 16.0. The van der Waals surface area contributed by atoms with E-state index in [1.54, 1.807) is 7.11 Å². The van der Waals surface area contributed by atoms with E-state index in [9.17, 15) is 4.79 Å². The predicted molar refractivity (Wildman–Crippen MR) is 138 cm³/mol. The number of amides is 1. The lowest BCUT2D eigenvalue weighted by atomic mass is 9.94. The lowest BCUT2D eigenvalue weighted by Crippen LogP contribution is -2.38. The van der Waals surface area contributed by atoms with Crippen LogP contribution >= 0.6 is 0 Å². The van der Waals surface area contributed by atoms with E-state index in [1.165, 1.54) is 5.57 Å². The van der Waals surface area contributed by atoms with Crippen LogP contribution in [0.3, 0.4) is 0 Å². The number of fused-ring (bicyclic) bond motifs is 2. The Bertz CT molecular complexity index is 1460. The quantitative estimate of drug-likeness (QED) is 0.387. The van der Waals surface area contributed by atoms with Crippen LogP contribution in [-0.4, -0.2) is 46.1 Å². The summed E-state index contributed by atoms with van der Waals surface area (Å²) in [6.07, 6.45) is 5.50. The lowest BCUT2D eigenvalue weighted by Gasteiger charge is -2.31. The van der Waals surface area contributed by atoms with Crippen LogP contribution in [0.2, 0.25) is 0 Å². The minimum absolute atomic E-state index is 0.0932. The Morgan fingerprint density at radius 3 is 2.56 bits per heavy atom. The smallest absolute Gasteiger partial charge is 0.254 e. The van der Waals surface area contributed by atoms with Gasteiger partial charge < -0.3 is 14.2 Å². The monoisotopic (exact) mass is 480 g/mol. The van der Waals surface area contributed by atoms with Crippen LogP contribution in [0.4, 0.5) is 0 Å². The Labute approximate surface area is 209 Å². The fourth-order valence-electron chi connectivity index (χ4n) is 5.39. The van der Waals surface area contributed by atoms with Gasteiger partial charge in [0.15, 0.2) is 5.82 Å². The van der Waals surface area contributed by atoms with Gasteiger partial charge in [-0.1, -0.05) is 35.5 Å². The fraction of sp³-hybridized carbons (Fsp3) is 0.310. The Morgan fingerprint density at radius 1 is 1.06 bits per heavy atom. The van der Waals surface area contributed by atoms with Gasteiger partial charge in [-0.05, 0) is 73.6 Å². The van der Waals surface area contributed by atoms with Crippen LogP contribution in [0.1, 0.15) is 64.1 Å². The van der Waals surface area contributed by atoms with Crippen LogP contribution in [0.15, 0.2) is 53.1 Å². The zero-order chi connectivity index (χ0) is 24.6. The highest BCUT2D eigenvalue weighted by atomic mass is 16.5. The number of para-hydroxylation sites is 1. The third-order valence-electron chi connectivity index (χ3n) is 7.29. The van der Waals surface area contributed by atoms with E-state index in [-0.39, 0.29) is 11.8 Å². The Hall–Kier alpha value is -4.00. The third-order valence-corrected chi connectivity index (χ3v) is 7.29. The van der Waals surface area contributed by atoms with Crippen LogP contribution in [0.25, 0.3) is 22.6 Å². The molecule has 0 N–H and O–H groups in total. The van der Waals surface area contributed by atoms with Crippen molar-refractivity contribution in [1.82, 2.24) is 20.0 Å². The molecule has 1 amide bonds. The predicted octanol–water partition coefficient (Wildman–Crippen LogP) is 5.44. The number of likely N-dealkylation sites (tertiary alicyclic amines) is 1. The molecule has 2 aromatic carbocycles. The zero-order valence-electron chi connectivity index (χ0n) is 20.5. The first-order chi connectivity index (χ1) is 17.6. The van der Waals surface area contributed by atoms with Crippen molar-refractivity contribution in [3.05, 3.63) is 82.6 Å². The molecule has 1 aliphatic heterocycles. The Kier molecular flexibility index (Phi) is 5.76. The van der Waals surface area contributed by atoms with Crippen molar-refractivity contribution in [2.45, 2.75) is 38.5 Å². The van der Waals surface area contributed by atoms with E-state index in [4.69, 9.17) is 14.2 Å². The molecule has 0 saturated carbocycles. The van der Waals surface area contributed by atoms with Gasteiger partial charge in [-0.2, -0.15) is 4.98 Å². The van der Waals surface area contributed by atoms with Gasteiger partial charge in [-0.15, -0.1) is 0 Å². The molecule has 0 radical (unpaired) electrons. The highest BCUT2D eigenvalue weighted by Crippen LogP contribution is 2.39. The summed E-state index contributed by atoms with van der Waals surface area (Å²) in [6.45, 7) is 3.17. The number of carbonyl (C=O) groups excluding carboxylic acids is 1. The summed E-state index contributed by atoms with van der Waals surface area (Å²) < 4.78 is 10.7. The highest BCUT2D eigenvalue weighted by molar-refractivity contribution is 6.09. The van der Waals surface area contributed by atoms with Crippen molar-refractivity contribution in [1.29, 1.82) is 0 Å². The molecule has 7 nitrogen and oxygen atoms in total. The van der Waals surface area contributed by atoms with E-state index in [0.29, 0.717) is 24.8 Å². The maximum Gasteiger partial charge on any atom is 0.254 e. The number of hydrogen-bond donors (Lipinski definition) is 0. The van der Waals surface area contributed by atoms with Gasteiger partial charge in [0.1, 0.15) is 5.75 Å². The topological polar surface area (TPSA) is 81.4 Å². The molecule has 1 fully saturated rings. The molecule has 7 heteroatoms. The van der Waals surface area contributed by atoms with Crippen LogP contribution < -0.4 is 4.74 Å². The molecule has 4 aromatic rings. The number of allylic oxidation sites excluding steroid dienone is 1. The maximum atomic E-state index is 14.0. The minimum Gasteiger partial charge on any atom is -0.497 e. The van der Waals surface area contributed by atoms with Crippen molar-refractivity contribution >= 4 is 28.5 Å². The second-order valence-electron chi connectivity index (χ2n) is 9.52.